The van der Waals surface area contributed by atoms with E-state index in [0.717, 1.165) is 12.1 Å². The number of hydrogen-bond acceptors (Lipinski definition) is 2. The van der Waals surface area contributed by atoms with Gasteiger partial charge in [0.05, 0.1) is 0 Å². The van der Waals surface area contributed by atoms with E-state index in [1.54, 1.807) is 0 Å². The lowest BCUT2D eigenvalue weighted by molar-refractivity contribution is -0.275. The molecule has 0 aromatic heterocycles. The Balaban J connectivity index is 2.47. The summed E-state index contributed by atoms with van der Waals surface area (Å²) in [6.07, 6.45) is -6.60. The second-order valence-corrected chi connectivity index (χ2v) is 4.53. The van der Waals surface area contributed by atoms with E-state index in [4.69, 9.17) is 11.6 Å². The molecule has 0 amide bonds. The monoisotopic (exact) mass is 320 g/mol. The molecule has 0 aliphatic carbocycles. The lowest BCUT2D eigenvalue weighted by atomic mass is 10.00. The summed E-state index contributed by atoms with van der Waals surface area (Å²) in [5.74, 6) is -1.44. The van der Waals surface area contributed by atoms with Crippen LogP contribution >= 0.6 is 11.6 Å². The highest BCUT2D eigenvalue weighted by atomic mass is 35.5. The van der Waals surface area contributed by atoms with Crippen molar-refractivity contribution in [2.45, 2.75) is 12.5 Å². The molecule has 0 radical (unpaired) electrons. The molecule has 21 heavy (non-hydrogen) atoms. The molecule has 0 spiro atoms. The zero-order chi connectivity index (χ0) is 15.6. The van der Waals surface area contributed by atoms with Crippen LogP contribution in [-0.2, 0) is 0 Å². The van der Waals surface area contributed by atoms with Crippen LogP contribution in [0.15, 0.2) is 42.5 Å². The zero-order valence-corrected chi connectivity index (χ0v) is 11.1. The van der Waals surface area contributed by atoms with Gasteiger partial charge in [-0.1, -0.05) is 35.9 Å². The molecule has 1 N–H and O–H groups in total. The molecule has 0 saturated carbocycles. The molecule has 1 atom stereocenters. The van der Waals surface area contributed by atoms with Crippen LogP contribution in [0, 0.1) is 5.82 Å². The Morgan fingerprint density at radius 1 is 1.05 bits per heavy atom. The second kappa shape index (κ2) is 5.91. The number of benzene rings is 2. The molecule has 2 nitrogen and oxygen atoms in total. The lowest BCUT2D eigenvalue weighted by Gasteiger charge is -2.18. The number of para-hydroxylation sites is 1. The predicted octanol–water partition coefficient (Wildman–Crippen LogP) is 4.46. The molecule has 2 aromatic rings. The quantitative estimate of drug-likeness (QED) is 0.846. The van der Waals surface area contributed by atoms with Crippen molar-refractivity contribution in [1.82, 2.24) is 0 Å². The summed E-state index contributed by atoms with van der Waals surface area (Å²) < 4.78 is 54.6. The molecule has 2 aromatic carbocycles. The van der Waals surface area contributed by atoms with Gasteiger partial charge in [-0.15, -0.1) is 13.2 Å². The summed E-state index contributed by atoms with van der Waals surface area (Å²) in [6, 6.07) is 8.65. The van der Waals surface area contributed by atoms with Crippen molar-refractivity contribution in [3.05, 3.63) is 64.4 Å². The van der Waals surface area contributed by atoms with Crippen LogP contribution in [0.1, 0.15) is 17.2 Å². The third kappa shape index (κ3) is 3.65. The first-order valence-electron chi connectivity index (χ1n) is 5.76. The largest absolute Gasteiger partial charge is 0.573 e. The fraction of sp³-hybridized carbons (Fsp3) is 0.143. The molecule has 0 aliphatic rings. The summed E-state index contributed by atoms with van der Waals surface area (Å²) in [4.78, 5) is 0. The Morgan fingerprint density at radius 2 is 1.71 bits per heavy atom. The first-order chi connectivity index (χ1) is 9.79. The number of alkyl halides is 3. The van der Waals surface area contributed by atoms with Gasteiger partial charge in [0, 0.05) is 16.1 Å². The minimum absolute atomic E-state index is 0.0932. The number of rotatable bonds is 3. The van der Waals surface area contributed by atoms with E-state index >= 15 is 0 Å². The van der Waals surface area contributed by atoms with E-state index in [1.807, 2.05) is 0 Å². The highest BCUT2D eigenvalue weighted by molar-refractivity contribution is 6.31. The Kier molecular flexibility index (Phi) is 4.39. The topological polar surface area (TPSA) is 29.5 Å². The molecule has 0 bridgehead atoms. The van der Waals surface area contributed by atoms with Gasteiger partial charge < -0.3 is 9.84 Å². The Labute approximate surface area is 122 Å². The maximum atomic E-state index is 13.7. The van der Waals surface area contributed by atoms with Crippen molar-refractivity contribution in [2.24, 2.45) is 0 Å². The van der Waals surface area contributed by atoms with Crippen LogP contribution in [0.5, 0.6) is 5.75 Å². The smallest absolute Gasteiger partial charge is 0.405 e. The third-order valence-corrected chi connectivity index (χ3v) is 3.04. The highest BCUT2D eigenvalue weighted by Gasteiger charge is 2.33. The second-order valence-electron chi connectivity index (χ2n) is 4.12. The molecule has 0 heterocycles. The number of aliphatic hydroxyl groups is 1. The third-order valence-electron chi connectivity index (χ3n) is 2.71. The van der Waals surface area contributed by atoms with Crippen molar-refractivity contribution in [2.75, 3.05) is 0 Å². The summed E-state index contributed by atoms with van der Waals surface area (Å²) in [7, 11) is 0. The van der Waals surface area contributed by atoms with Gasteiger partial charge in [-0.2, -0.15) is 0 Å². The average Bonchev–Trinajstić information content (AvgIpc) is 2.37. The molecule has 0 saturated heterocycles. The summed E-state index contributed by atoms with van der Waals surface area (Å²) in [5, 5.41) is 10.1. The standard InChI is InChI=1S/C14H9ClF4O2/c15-9-5-3-6-10(16)12(9)13(20)8-4-1-2-7-11(8)21-14(17,18)19/h1-7,13,20H. The van der Waals surface area contributed by atoms with Gasteiger partial charge in [0.15, 0.2) is 0 Å². The molecule has 1 unspecified atom stereocenters. The number of ether oxygens (including phenoxy) is 1. The summed E-state index contributed by atoms with van der Waals surface area (Å²) >= 11 is 5.80. The van der Waals surface area contributed by atoms with Crippen molar-refractivity contribution in [3.63, 3.8) is 0 Å². The zero-order valence-electron chi connectivity index (χ0n) is 10.4. The molecular formula is C14H9ClF4O2. The van der Waals surface area contributed by atoms with Gasteiger partial charge >= 0.3 is 6.36 Å². The van der Waals surface area contributed by atoms with Gasteiger partial charge in [-0.05, 0) is 18.2 Å². The van der Waals surface area contributed by atoms with Crippen LogP contribution in [0.25, 0.3) is 0 Å². The van der Waals surface area contributed by atoms with Crippen LogP contribution in [0.2, 0.25) is 5.02 Å². The number of halogens is 5. The van der Waals surface area contributed by atoms with E-state index in [-0.39, 0.29) is 16.1 Å². The fourth-order valence-corrected chi connectivity index (χ4v) is 2.12. The Bertz CT molecular complexity index is 623. The van der Waals surface area contributed by atoms with Crippen molar-refractivity contribution < 1.29 is 27.4 Å². The van der Waals surface area contributed by atoms with E-state index < -0.39 is 24.0 Å². The van der Waals surface area contributed by atoms with Gasteiger partial charge in [-0.3, -0.25) is 0 Å². The Morgan fingerprint density at radius 3 is 2.33 bits per heavy atom. The normalized spacial score (nSPS) is 13.0. The minimum atomic E-state index is -4.92. The minimum Gasteiger partial charge on any atom is -0.405 e. The Hall–Kier alpha value is -1.79. The average molecular weight is 321 g/mol. The first kappa shape index (κ1) is 15.6. The van der Waals surface area contributed by atoms with Crippen LogP contribution < -0.4 is 4.74 Å². The predicted molar refractivity (Wildman–Crippen MR) is 68.6 cm³/mol. The summed E-state index contributed by atoms with van der Waals surface area (Å²) in [5.41, 5.74) is -0.542. The van der Waals surface area contributed by atoms with Gasteiger partial charge in [0.25, 0.3) is 0 Å². The molecule has 2 rings (SSSR count). The lowest BCUT2D eigenvalue weighted by Crippen LogP contribution is -2.19. The maximum Gasteiger partial charge on any atom is 0.573 e. The number of aliphatic hydroxyl groups excluding tert-OH is 1. The fourth-order valence-electron chi connectivity index (χ4n) is 1.85. The molecule has 0 fully saturated rings. The number of hydrogen-bond donors (Lipinski definition) is 1. The SMILES string of the molecule is OC(c1ccccc1OC(F)(F)F)c1c(F)cccc1Cl. The maximum absolute atomic E-state index is 13.7. The van der Waals surface area contributed by atoms with Crippen LogP contribution in [0.3, 0.4) is 0 Å². The van der Waals surface area contributed by atoms with Gasteiger partial charge in [0.1, 0.15) is 17.7 Å². The van der Waals surface area contributed by atoms with Crippen LogP contribution in [0.4, 0.5) is 17.6 Å². The van der Waals surface area contributed by atoms with E-state index in [2.05, 4.69) is 4.74 Å². The van der Waals surface area contributed by atoms with Gasteiger partial charge in [0.2, 0.25) is 0 Å². The van der Waals surface area contributed by atoms with Gasteiger partial charge in [-0.25, -0.2) is 4.39 Å². The van der Waals surface area contributed by atoms with E-state index in [9.17, 15) is 22.7 Å². The van der Waals surface area contributed by atoms with Crippen molar-refractivity contribution in [1.29, 1.82) is 0 Å². The molecular weight excluding hydrogens is 312 g/mol. The van der Waals surface area contributed by atoms with E-state index in [1.165, 1.54) is 30.3 Å². The van der Waals surface area contributed by atoms with E-state index in [0.29, 0.717) is 0 Å². The van der Waals surface area contributed by atoms with Crippen LogP contribution in [-0.4, -0.2) is 11.5 Å². The molecule has 7 heteroatoms. The van der Waals surface area contributed by atoms with Crippen molar-refractivity contribution in [3.8, 4) is 5.75 Å². The molecule has 0 aliphatic heterocycles. The molecule has 112 valence electrons. The van der Waals surface area contributed by atoms with Crippen molar-refractivity contribution >= 4 is 11.6 Å². The summed E-state index contributed by atoms with van der Waals surface area (Å²) in [6.45, 7) is 0. The first-order valence-corrected chi connectivity index (χ1v) is 6.14. The highest BCUT2D eigenvalue weighted by Crippen LogP contribution is 2.36.